The van der Waals surface area contributed by atoms with Crippen LogP contribution in [0.3, 0.4) is 0 Å². The topological polar surface area (TPSA) is 86.3 Å². The van der Waals surface area contributed by atoms with Crippen molar-refractivity contribution in [2.24, 2.45) is 5.92 Å². The third-order valence-electron chi connectivity index (χ3n) is 9.44. The summed E-state index contributed by atoms with van der Waals surface area (Å²) in [5, 5.41) is 15.4. The first kappa shape index (κ1) is 30.7. The van der Waals surface area contributed by atoms with Gasteiger partial charge in [0.2, 0.25) is 0 Å². The van der Waals surface area contributed by atoms with Crippen molar-refractivity contribution >= 4 is 11.7 Å². The van der Waals surface area contributed by atoms with E-state index in [1.807, 2.05) is 66.7 Å². The summed E-state index contributed by atoms with van der Waals surface area (Å²) >= 11 is 0. The Morgan fingerprint density at radius 2 is 1.57 bits per heavy atom. The molecule has 234 valence electrons. The largest absolute Gasteiger partial charge is 0.392 e. The molecule has 6 rings (SSSR count). The Kier molecular flexibility index (Phi) is 10.3. The number of nitrogens with one attached hydrogen (secondary N) is 2. The lowest BCUT2D eigenvalue weighted by molar-refractivity contribution is -0.276. The number of nitrogens with zero attached hydrogens (tertiary/aromatic N) is 2. The maximum Gasteiger partial charge on any atom is 0.319 e. The van der Waals surface area contributed by atoms with E-state index in [0.717, 1.165) is 41.9 Å². The first-order valence-corrected chi connectivity index (χ1v) is 16.2. The van der Waals surface area contributed by atoms with Gasteiger partial charge in [-0.1, -0.05) is 73.7 Å². The van der Waals surface area contributed by atoms with Gasteiger partial charge in [0.1, 0.15) is 0 Å². The highest BCUT2D eigenvalue weighted by Crippen LogP contribution is 2.42. The van der Waals surface area contributed by atoms with Crippen LogP contribution in [0, 0.1) is 5.92 Å². The van der Waals surface area contributed by atoms with Crippen LogP contribution in [-0.4, -0.2) is 65.8 Å². The molecule has 3 N–H and O–H groups in total. The Bertz CT molecular complexity index is 1330. The third kappa shape index (κ3) is 7.68. The van der Waals surface area contributed by atoms with Gasteiger partial charge < -0.3 is 30.1 Å². The van der Waals surface area contributed by atoms with Gasteiger partial charge >= 0.3 is 6.03 Å². The van der Waals surface area contributed by atoms with E-state index in [2.05, 4.69) is 39.5 Å². The summed E-state index contributed by atoms with van der Waals surface area (Å²) < 4.78 is 13.4. The molecular weight excluding hydrogens is 552 g/mol. The maximum atomic E-state index is 12.5. The van der Waals surface area contributed by atoms with Crippen molar-refractivity contribution in [3.8, 4) is 0 Å². The van der Waals surface area contributed by atoms with Gasteiger partial charge in [-0.15, -0.1) is 0 Å². The number of aliphatic hydroxyl groups excluding tert-OH is 1. The molecule has 3 heterocycles. The SMILES string of the molecule is CC1C(CN2CCCC2CN2CCCC2)OC(c2ccc(NC(=O)NCc3ccccc3)cc2)OC1c1ccc(CO)cc1. The molecule has 44 heavy (non-hydrogen) atoms. The minimum atomic E-state index is -0.528. The number of aliphatic hydroxyl groups is 1. The quantitative estimate of drug-likeness (QED) is 0.271. The molecule has 0 saturated carbocycles. The number of likely N-dealkylation sites (tertiary alicyclic amines) is 2. The number of anilines is 1. The second-order valence-corrected chi connectivity index (χ2v) is 12.5. The molecule has 3 aromatic rings. The van der Waals surface area contributed by atoms with Gasteiger partial charge in [0.05, 0.1) is 18.8 Å². The van der Waals surface area contributed by atoms with Crippen LogP contribution in [0.5, 0.6) is 0 Å². The zero-order valence-corrected chi connectivity index (χ0v) is 25.7. The number of hydrogen-bond acceptors (Lipinski definition) is 6. The van der Waals surface area contributed by atoms with Gasteiger partial charge in [-0.3, -0.25) is 4.90 Å². The molecule has 2 amide bonds. The van der Waals surface area contributed by atoms with Gasteiger partial charge in [0.25, 0.3) is 0 Å². The summed E-state index contributed by atoms with van der Waals surface area (Å²) in [7, 11) is 0. The minimum absolute atomic E-state index is 0.00277. The molecule has 0 spiro atoms. The summed E-state index contributed by atoms with van der Waals surface area (Å²) in [6, 6.07) is 26.0. The number of amides is 2. The minimum Gasteiger partial charge on any atom is -0.392 e. The van der Waals surface area contributed by atoms with Crippen LogP contribution in [-0.2, 0) is 22.6 Å². The van der Waals surface area contributed by atoms with Crippen molar-refractivity contribution in [3.63, 3.8) is 0 Å². The average molecular weight is 599 g/mol. The number of carbonyl (C=O) groups is 1. The molecule has 5 atom stereocenters. The van der Waals surface area contributed by atoms with Crippen LogP contribution in [0.15, 0.2) is 78.9 Å². The Morgan fingerprint density at radius 1 is 0.841 bits per heavy atom. The molecule has 0 aliphatic carbocycles. The second-order valence-electron chi connectivity index (χ2n) is 12.5. The monoisotopic (exact) mass is 598 g/mol. The van der Waals surface area contributed by atoms with Crippen molar-refractivity contribution < 1.29 is 19.4 Å². The van der Waals surface area contributed by atoms with Crippen LogP contribution in [0.25, 0.3) is 0 Å². The molecule has 3 aromatic carbocycles. The van der Waals surface area contributed by atoms with Gasteiger partial charge in [0.15, 0.2) is 6.29 Å². The highest BCUT2D eigenvalue weighted by atomic mass is 16.7. The summed E-state index contributed by atoms with van der Waals surface area (Å²) in [5.74, 6) is 0.147. The highest BCUT2D eigenvalue weighted by molar-refractivity contribution is 5.89. The van der Waals surface area contributed by atoms with Gasteiger partial charge in [-0.25, -0.2) is 4.79 Å². The Hall–Kier alpha value is -3.27. The third-order valence-corrected chi connectivity index (χ3v) is 9.44. The van der Waals surface area contributed by atoms with E-state index in [1.165, 1.54) is 38.8 Å². The molecule has 3 aliphatic rings. The standard InChI is InChI=1S/C36H46N4O4/c1-26-33(24-40-21-7-10-32(40)23-39-19-5-6-20-39)43-35(44-34(26)29-13-11-28(25-41)12-14-29)30-15-17-31(18-16-30)38-36(42)37-22-27-8-3-2-4-9-27/h2-4,8-9,11-18,26,32-35,41H,5-7,10,19-25H2,1H3,(H2,37,38,42). The normalized spacial score (nSPS) is 26.1. The Balaban J connectivity index is 1.14. The molecular formula is C36H46N4O4. The van der Waals surface area contributed by atoms with E-state index in [9.17, 15) is 9.90 Å². The summed E-state index contributed by atoms with van der Waals surface area (Å²) in [5.41, 5.74) is 4.66. The van der Waals surface area contributed by atoms with Gasteiger partial charge in [-0.05, 0) is 74.1 Å². The number of carbonyl (C=O) groups excluding carboxylic acids is 1. The summed E-state index contributed by atoms with van der Waals surface area (Å²) in [6.45, 7) is 8.31. The van der Waals surface area contributed by atoms with E-state index in [-0.39, 0.29) is 30.8 Å². The van der Waals surface area contributed by atoms with Crippen molar-refractivity contribution in [3.05, 3.63) is 101 Å². The fraction of sp³-hybridized carbons (Fsp3) is 0.472. The molecule has 8 nitrogen and oxygen atoms in total. The summed E-state index contributed by atoms with van der Waals surface area (Å²) in [6.07, 6.45) is 4.44. The zero-order chi connectivity index (χ0) is 30.3. The molecule has 0 bridgehead atoms. The van der Waals surface area contributed by atoms with Gasteiger partial charge in [-0.2, -0.15) is 0 Å². The first-order valence-electron chi connectivity index (χ1n) is 16.2. The van der Waals surface area contributed by atoms with Crippen molar-refractivity contribution in [2.75, 3.05) is 38.0 Å². The maximum absolute atomic E-state index is 12.5. The van der Waals surface area contributed by atoms with Crippen molar-refractivity contribution in [1.82, 2.24) is 15.1 Å². The number of rotatable bonds is 10. The molecule has 8 heteroatoms. The van der Waals surface area contributed by atoms with Crippen molar-refractivity contribution in [2.45, 2.75) is 70.3 Å². The molecule has 3 saturated heterocycles. The van der Waals surface area contributed by atoms with Crippen LogP contribution >= 0.6 is 0 Å². The lowest BCUT2D eigenvalue weighted by atomic mass is 9.90. The lowest BCUT2D eigenvalue weighted by Gasteiger charge is -2.43. The predicted octanol–water partition coefficient (Wildman–Crippen LogP) is 5.85. The number of benzene rings is 3. The lowest BCUT2D eigenvalue weighted by Crippen LogP contribution is -2.48. The average Bonchev–Trinajstić information content (AvgIpc) is 3.74. The molecule has 0 radical (unpaired) electrons. The van der Waals surface area contributed by atoms with Crippen LogP contribution in [0.2, 0.25) is 0 Å². The van der Waals surface area contributed by atoms with Crippen LogP contribution in [0.4, 0.5) is 10.5 Å². The van der Waals surface area contributed by atoms with Gasteiger partial charge in [0, 0.05) is 42.8 Å². The van der Waals surface area contributed by atoms with Crippen LogP contribution < -0.4 is 10.6 Å². The smallest absolute Gasteiger partial charge is 0.319 e. The molecule has 3 aliphatic heterocycles. The van der Waals surface area contributed by atoms with E-state index in [0.29, 0.717) is 18.3 Å². The van der Waals surface area contributed by atoms with Crippen molar-refractivity contribution in [1.29, 1.82) is 0 Å². The van der Waals surface area contributed by atoms with E-state index in [4.69, 9.17) is 9.47 Å². The molecule has 3 fully saturated rings. The van der Waals surface area contributed by atoms with E-state index in [1.54, 1.807) is 0 Å². The fourth-order valence-electron chi connectivity index (χ4n) is 6.84. The molecule has 0 aromatic heterocycles. The Labute approximate surface area is 261 Å². The molecule has 5 unspecified atom stereocenters. The summed E-state index contributed by atoms with van der Waals surface area (Å²) in [4.78, 5) is 17.8. The number of urea groups is 1. The highest BCUT2D eigenvalue weighted by Gasteiger charge is 2.40. The van der Waals surface area contributed by atoms with E-state index < -0.39 is 6.29 Å². The zero-order valence-electron chi connectivity index (χ0n) is 25.7. The van der Waals surface area contributed by atoms with E-state index >= 15 is 0 Å². The Morgan fingerprint density at radius 3 is 2.30 bits per heavy atom. The fourth-order valence-corrected chi connectivity index (χ4v) is 6.84. The predicted molar refractivity (Wildman–Crippen MR) is 172 cm³/mol. The van der Waals surface area contributed by atoms with Crippen LogP contribution in [0.1, 0.15) is 67.3 Å². The number of hydrogen-bond donors (Lipinski definition) is 3. The number of ether oxygens (including phenoxy) is 2. The second kappa shape index (κ2) is 14.7. The first-order chi connectivity index (χ1) is 21.6.